The van der Waals surface area contributed by atoms with Crippen molar-refractivity contribution in [3.63, 3.8) is 0 Å². The van der Waals surface area contributed by atoms with E-state index in [2.05, 4.69) is 29.4 Å². The van der Waals surface area contributed by atoms with Crippen molar-refractivity contribution in [1.29, 1.82) is 0 Å². The number of rotatable bonds is 3. The molecule has 0 saturated heterocycles. The van der Waals surface area contributed by atoms with Crippen molar-refractivity contribution in [2.45, 2.75) is 46.1 Å². The van der Waals surface area contributed by atoms with Gasteiger partial charge in [-0.2, -0.15) is 0 Å². The maximum atomic E-state index is 4.89. The second-order valence-corrected chi connectivity index (χ2v) is 6.50. The Balaban J connectivity index is 2.00. The quantitative estimate of drug-likeness (QED) is 0.933. The zero-order valence-corrected chi connectivity index (χ0v) is 13.2. The molecule has 0 fully saturated rings. The molecule has 0 bridgehead atoms. The van der Waals surface area contributed by atoms with Crippen molar-refractivity contribution >= 4 is 11.3 Å². The normalized spacial score (nSPS) is 18.1. The highest BCUT2D eigenvalue weighted by atomic mass is 32.1. The molecule has 2 aromatic heterocycles. The van der Waals surface area contributed by atoms with E-state index in [1.165, 1.54) is 29.0 Å². The second kappa shape index (κ2) is 5.62. The summed E-state index contributed by atoms with van der Waals surface area (Å²) >= 11 is 1.85. The maximum absolute atomic E-state index is 4.89. The smallest absolute Gasteiger partial charge is 0.124 e. The third-order valence-corrected chi connectivity index (χ3v) is 4.99. The minimum absolute atomic E-state index is 0.499. The SMILES string of the molecule is CCNC1CCCc2nc(-c3cc(C)nc(C)c3)sc21. The fourth-order valence-corrected chi connectivity index (χ4v) is 4.15. The topological polar surface area (TPSA) is 37.8 Å². The summed E-state index contributed by atoms with van der Waals surface area (Å²) in [7, 11) is 0. The number of aryl methyl sites for hydroxylation is 3. The zero-order chi connectivity index (χ0) is 14.1. The van der Waals surface area contributed by atoms with E-state index in [-0.39, 0.29) is 0 Å². The van der Waals surface area contributed by atoms with Crippen molar-refractivity contribution in [3.05, 3.63) is 34.1 Å². The first-order valence-electron chi connectivity index (χ1n) is 7.36. The maximum Gasteiger partial charge on any atom is 0.124 e. The molecular weight excluding hydrogens is 266 g/mol. The van der Waals surface area contributed by atoms with Gasteiger partial charge >= 0.3 is 0 Å². The second-order valence-electron chi connectivity index (χ2n) is 5.47. The highest BCUT2D eigenvalue weighted by Crippen LogP contribution is 2.38. The van der Waals surface area contributed by atoms with Crippen LogP contribution in [0.1, 0.15) is 47.8 Å². The Morgan fingerprint density at radius 2 is 2.00 bits per heavy atom. The molecule has 0 amide bonds. The van der Waals surface area contributed by atoms with Crippen LogP contribution in [0.3, 0.4) is 0 Å². The molecular formula is C16H21N3S. The van der Waals surface area contributed by atoms with E-state index in [4.69, 9.17) is 4.98 Å². The lowest BCUT2D eigenvalue weighted by Crippen LogP contribution is -2.23. The molecule has 0 saturated carbocycles. The van der Waals surface area contributed by atoms with Crippen LogP contribution in [0.2, 0.25) is 0 Å². The molecule has 1 atom stereocenters. The summed E-state index contributed by atoms with van der Waals surface area (Å²) < 4.78 is 0. The highest BCUT2D eigenvalue weighted by molar-refractivity contribution is 7.15. The lowest BCUT2D eigenvalue weighted by atomic mass is 9.98. The van der Waals surface area contributed by atoms with E-state index in [0.717, 1.165) is 29.4 Å². The number of nitrogens with one attached hydrogen (secondary N) is 1. The number of pyridine rings is 1. The van der Waals surface area contributed by atoms with Crippen molar-refractivity contribution < 1.29 is 0 Å². The third-order valence-electron chi connectivity index (χ3n) is 3.73. The lowest BCUT2D eigenvalue weighted by Gasteiger charge is -2.21. The van der Waals surface area contributed by atoms with Gasteiger partial charge in [0.2, 0.25) is 0 Å². The number of nitrogens with zero attached hydrogens (tertiary/aromatic N) is 2. The molecule has 1 unspecified atom stereocenters. The predicted molar refractivity (Wildman–Crippen MR) is 84.2 cm³/mol. The molecule has 1 N–H and O–H groups in total. The molecule has 0 aromatic carbocycles. The molecule has 2 aromatic rings. The van der Waals surface area contributed by atoms with E-state index in [0.29, 0.717) is 6.04 Å². The van der Waals surface area contributed by atoms with Crippen LogP contribution >= 0.6 is 11.3 Å². The average molecular weight is 287 g/mol. The molecule has 0 aliphatic heterocycles. The monoisotopic (exact) mass is 287 g/mol. The molecule has 2 heterocycles. The van der Waals surface area contributed by atoms with Gasteiger partial charge in [-0.15, -0.1) is 11.3 Å². The first-order chi connectivity index (χ1) is 9.67. The van der Waals surface area contributed by atoms with E-state index >= 15 is 0 Å². The Bertz CT molecular complexity index is 598. The van der Waals surface area contributed by atoms with E-state index in [9.17, 15) is 0 Å². The van der Waals surface area contributed by atoms with Crippen molar-refractivity contribution in [3.8, 4) is 10.6 Å². The summed E-state index contributed by atoms with van der Waals surface area (Å²) in [4.78, 5) is 10.8. The Hall–Kier alpha value is -1.26. The minimum Gasteiger partial charge on any atom is -0.309 e. The van der Waals surface area contributed by atoms with Gasteiger partial charge in [0.05, 0.1) is 5.69 Å². The standard InChI is InChI=1S/C16H21N3S/c1-4-17-13-6-5-7-14-15(13)20-16(19-14)12-8-10(2)18-11(3)9-12/h8-9,13,17H,4-7H2,1-3H3. The van der Waals surface area contributed by atoms with Crippen LogP contribution in [0.25, 0.3) is 10.6 Å². The van der Waals surface area contributed by atoms with Crippen molar-refractivity contribution in [1.82, 2.24) is 15.3 Å². The van der Waals surface area contributed by atoms with Gasteiger partial charge in [-0.1, -0.05) is 6.92 Å². The minimum atomic E-state index is 0.499. The van der Waals surface area contributed by atoms with E-state index in [1.807, 2.05) is 25.2 Å². The summed E-state index contributed by atoms with van der Waals surface area (Å²) in [5.74, 6) is 0. The predicted octanol–water partition coefficient (Wildman–Crippen LogP) is 3.81. The van der Waals surface area contributed by atoms with Gasteiger partial charge in [0.15, 0.2) is 0 Å². The Morgan fingerprint density at radius 1 is 1.25 bits per heavy atom. The average Bonchev–Trinajstić information content (AvgIpc) is 2.83. The van der Waals surface area contributed by atoms with Gasteiger partial charge < -0.3 is 5.32 Å². The van der Waals surface area contributed by atoms with Crippen LogP contribution in [-0.2, 0) is 6.42 Å². The van der Waals surface area contributed by atoms with Gasteiger partial charge in [0, 0.05) is 27.9 Å². The molecule has 1 aliphatic rings. The zero-order valence-electron chi connectivity index (χ0n) is 12.4. The molecule has 3 nitrogen and oxygen atoms in total. The number of thiazole rings is 1. The van der Waals surface area contributed by atoms with Crippen LogP contribution in [0.5, 0.6) is 0 Å². The molecule has 20 heavy (non-hydrogen) atoms. The first-order valence-corrected chi connectivity index (χ1v) is 8.17. The third kappa shape index (κ3) is 2.63. The van der Waals surface area contributed by atoms with Crippen LogP contribution in [0.4, 0.5) is 0 Å². The summed E-state index contributed by atoms with van der Waals surface area (Å²) in [5, 5.41) is 4.73. The molecule has 1 aliphatic carbocycles. The van der Waals surface area contributed by atoms with Gasteiger partial charge in [0.1, 0.15) is 5.01 Å². The molecule has 0 radical (unpaired) electrons. The fraction of sp³-hybridized carbons (Fsp3) is 0.500. The van der Waals surface area contributed by atoms with E-state index in [1.54, 1.807) is 0 Å². The molecule has 3 rings (SSSR count). The molecule has 4 heteroatoms. The first kappa shape index (κ1) is 13.7. The number of hydrogen-bond donors (Lipinski definition) is 1. The van der Waals surface area contributed by atoms with Crippen LogP contribution in [0.15, 0.2) is 12.1 Å². The Morgan fingerprint density at radius 3 is 2.70 bits per heavy atom. The van der Waals surface area contributed by atoms with Crippen molar-refractivity contribution in [2.24, 2.45) is 0 Å². The summed E-state index contributed by atoms with van der Waals surface area (Å²) in [6, 6.07) is 4.78. The van der Waals surface area contributed by atoms with E-state index < -0.39 is 0 Å². The van der Waals surface area contributed by atoms with Gasteiger partial charge in [-0.3, -0.25) is 4.98 Å². The van der Waals surface area contributed by atoms with Gasteiger partial charge in [-0.25, -0.2) is 4.98 Å². The summed E-state index contributed by atoms with van der Waals surface area (Å²) in [5.41, 5.74) is 4.65. The summed E-state index contributed by atoms with van der Waals surface area (Å²) in [6.07, 6.45) is 3.59. The van der Waals surface area contributed by atoms with Crippen LogP contribution in [-0.4, -0.2) is 16.5 Å². The van der Waals surface area contributed by atoms with Crippen LogP contribution in [0, 0.1) is 13.8 Å². The summed E-state index contributed by atoms with van der Waals surface area (Å²) in [6.45, 7) is 7.29. The number of aromatic nitrogens is 2. The fourth-order valence-electron chi connectivity index (χ4n) is 2.94. The van der Waals surface area contributed by atoms with Crippen LogP contribution < -0.4 is 5.32 Å². The molecule has 0 spiro atoms. The largest absolute Gasteiger partial charge is 0.309 e. The Kier molecular flexibility index (Phi) is 3.85. The lowest BCUT2D eigenvalue weighted by molar-refractivity contribution is 0.476. The number of fused-ring (bicyclic) bond motifs is 1. The van der Waals surface area contributed by atoms with Gasteiger partial charge in [0.25, 0.3) is 0 Å². The van der Waals surface area contributed by atoms with Gasteiger partial charge in [-0.05, 0) is 51.8 Å². The van der Waals surface area contributed by atoms with Crippen molar-refractivity contribution in [2.75, 3.05) is 6.54 Å². The molecule has 106 valence electrons. The number of hydrogen-bond acceptors (Lipinski definition) is 4. The Labute approximate surface area is 124 Å². The highest BCUT2D eigenvalue weighted by Gasteiger charge is 2.24.